The number of imide groups is 2. The fourth-order valence-corrected chi connectivity index (χ4v) is 3.21. The molecule has 3 rings (SSSR count). The van der Waals surface area contributed by atoms with Crippen LogP contribution >= 0.6 is 0 Å². The van der Waals surface area contributed by atoms with Crippen molar-refractivity contribution >= 4 is 35.6 Å². The predicted molar refractivity (Wildman–Crippen MR) is 79.8 cm³/mol. The van der Waals surface area contributed by atoms with Crippen molar-refractivity contribution < 1.29 is 38.4 Å². The van der Waals surface area contributed by atoms with Crippen LogP contribution in [0.4, 0.5) is 0 Å². The van der Waals surface area contributed by atoms with E-state index in [9.17, 15) is 28.8 Å². The summed E-state index contributed by atoms with van der Waals surface area (Å²) >= 11 is 0. The molecule has 0 aromatic heterocycles. The van der Waals surface area contributed by atoms with E-state index in [1.54, 1.807) is 0 Å². The third kappa shape index (κ3) is 3.58. The molecule has 0 aromatic carbocycles. The van der Waals surface area contributed by atoms with E-state index in [0.29, 0.717) is 35.8 Å². The Labute approximate surface area is 148 Å². The Bertz CT molecular complexity index is 590. The highest BCUT2D eigenvalue weighted by molar-refractivity contribution is 6.02. The number of rotatable bonds is 4. The van der Waals surface area contributed by atoms with E-state index < -0.39 is 47.4 Å². The van der Waals surface area contributed by atoms with Crippen LogP contribution in [-0.2, 0) is 38.4 Å². The molecule has 2 heterocycles. The van der Waals surface area contributed by atoms with Gasteiger partial charge in [0.2, 0.25) is 0 Å². The summed E-state index contributed by atoms with van der Waals surface area (Å²) in [6.07, 6.45) is 1.37. The van der Waals surface area contributed by atoms with Crippen molar-refractivity contribution in [3.8, 4) is 0 Å². The van der Waals surface area contributed by atoms with Crippen LogP contribution in [0.2, 0.25) is 0 Å². The second kappa shape index (κ2) is 7.22. The number of carbonyl (C=O) groups excluding carboxylic acids is 6. The summed E-state index contributed by atoms with van der Waals surface area (Å²) in [5.41, 5.74) is 0. The molecule has 0 atom stereocenters. The van der Waals surface area contributed by atoms with Gasteiger partial charge in [0.15, 0.2) is 0 Å². The molecule has 26 heavy (non-hydrogen) atoms. The summed E-state index contributed by atoms with van der Waals surface area (Å²) in [7, 11) is 0. The topological polar surface area (TPSA) is 127 Å². The third-order valence-electron chi connectivity index (χ3n) is 4.77. The molecule has 140 valence electrons. The van der Waals surface area contributed by atoms with Crippen LogP contribution in [0, 0.1) is 11.8 Å². The van der Waals surface area contributed by atoms with Gasteiger partial charge in [-0.15, -0.1) is 10.1 Å². The number of carbonyl (C=O) groups is 6. The highest BCUT2D eigenvalue weighted by Gasteiger charge is 2.39. The van der Waals surface area contributed by atoms with E-state index in [1.165, 1.54) is 0 Å². The van der Waals surface area contributed by atoms with E-state index in [2.05, 4.69) is 0 Å². The van der Waals surface area contributed by atoms with Gasteiger partial charge in [0.1, 0.15) is 0 Å². The van der Waals surface area contributed by atoms with Gasteiger partial charge in [0.25, 0.3) is 23.6 Å². The zero-order chi connectivity index (χ0) is 18.8. The first-order valence-corrected chi connectivity index (χ1v) is 8.52. The summed E-state index contributed by atoms with van der Waals surface area (Å²) < 4.78 is 0. The lowest BCUT2D eigenvalue weighted by atomic mass is 9.82. The Kier molecular flexibility index (Phi) is 5.01. The smallest absolute Gasteiger partial charge is 0.330 e. The fraction of sp³-hybridized carbons (Fsp3) is 0.625. The van der Waals surface area contributed by atoms with Gasteiger partial charge in [0, 0.05) is 25.7 Å². The summed E-state index contributed by atoms with van der Waals surface area (Å²) in [6, 6.07) is 0. The first-order chi connectivity index (χ1) is 12.4. The lowest BCUT2D eigenvalue weighted by Gasteiger charge is -2.27. The Morgan fingerprint density at radius 2 is 0.885 bits per heavy atom. The number of amides is 4. The van der Waals surface area contributed by atoms with Crippen LogP contribution in [0.3, 0.4) is 0 Å². The molecule has 1 saturated carbocycles. The quantitative estimate of drug-likeness (QED) is 0.637. The molecule has 2 saturated heterocycles. The van der Waals surface area contributed by atoms with Crippen molar-refractivity contribution in [2.75, 3.05) is 0 Å². The molecule has 1 aliphatic carbocycles. The molecule has 0 N–H and O–H groups in total. The average molecular weight is 366 g/mol. The van der Waals surface area contributed by atoms with Gasteiger partial charge in [-0.1, -0.05) is 0 Å². The maximum absolute atomic E-state index is 12.1. The van der Waals surface area contributed by atoms with Crippen molar-refractivity contribution in [2.24, 2.45) is 11.8 Å². The van der Waals surface area contributed by atoms with Gasteiger partial charge in [0.05, 0.1) is 11.8 Å². The Balaban J connectivity index is 1.47. The lowest BCUT2D eigenvalue weighted by molar-refractivity contribution is -0.204. The number of hydrogen-bond donors (Lipinski definition) is 0. The molecule has 0 radical (unpaired) electrons. The van der Waals surface area contributed by atoms with E-state index in [-0.39, 0.29) is 25.7 Å². The molecule has 4 amide bonds. The number of nitrogens with zero attached hydrogens (tertiary/aromatic N) is 2. The van der Waals surface area contributed by atoms with Crippen LogP contribution in [0.1, 0.15) is 51.4 Å². The van der Waals surface area contributed by atoms with E-state index in [1.807, 2.05) is 0 Å². The summed E-state index contributed by atoms with van der Waals surface area (Å²) in [5, 5.41) is 1.01. The SMILES string of the molecule is O=C1CCC(=O)N1OC(=O)[C@H]1CC[C@H](C(=O)ON2C(=O)CCC2=O)CC1. The number of hydroxylamine groups is 4. The predicted octanol–water partition coefficient (Wildman–Crippen LogP) is 0.00720. The minimum atomic E-state index is -0.676. The van der Waals surface area contributed by atoms with Crippen LogP contribution in [0.5, 0.6) is 0 Å². The second-order valence-corrected chi connectivity index (χ2v) is 6.53. The summed E-state index contributed by atoms with van der Waals surface area (Å²) in [4.78, 5) is 79.9. The first-order valence-electron chi connectivity index (χ1n) is 8.52. The van der Waals surface area contributed by atoms with Gasteiger partial charge in [-0.3, -0.25) is 19.2 Å². The average Bonchev–Trinajstić information content (AvgIpc) is 3.12. The summed E-state index contributed by atoms with van der Waals surface area (Å²) in [6.45, 7) is 0. The molecule has 3 aliphatic rings. The first kappa shape index (κ1) is 18.0. The molecule has 0 bridgehead atoms. The summed E-state index contributed by atoms with van der Waals surface area (Å²) in [5.74, 6) is -4.58. The van der Waals surface area contributed by atoms with E-state index >= 15 is 0 Å². The maximum Gasteiger partial charge on any atom is 0.336 e. The van der Waals surface area contributed by atoms with Crippen LogP contribution in [0.15, 0.2) is 0 Å². The minimum Gasteiger partial charge on any atom is -0.330 e. The zero-order valence-corrected chi connectivity index (χ0v) is 14.0. The molecular formula is C16H18N2O8. The van der Waals surface area contributed by atoms with Crippen molar-refractivity contribution in [1.29, 1.82) is 0 Å². The maximum atomic E-state index is 12.1. The molecule has 10 heteroatoms. The monoisotopic (exact) mass is 366 g/mol. The molecule has 3 fully saturated rings. The van der Waals surface area contributed by atoms with Crippen LogP contribution in [-0.4, -0.2) is 45.7 Å². The zero-order valence-electron chi connectivity index (χ0n) is 14.0. The Hall–Kier alpha value is -2.78. The van der Waals surface area contributed by atoms with Crippen LogP contribution in [0.25, 0.3) is 0 Å². The molecule has 0 spiro atoms. The normalized spacial score (nSPS) is 26.5. The standard InChI is InChI=1S/C16H18N2O8/c19-11-5-6-12(20)17(11)25-15(23)9-1-2-10(4-3-9)16(24)26-18-13(21)7-8-14(18)22/h9-10H,1-8H2/t9-,10-. The van der Waals surface area contributed by atoms with Gasteiger partial charge in [-0.25, -0.2) is 9.59 Å². The molecular weight excluding hydrogens is 348 g/mol. The largest absolute Gasteiger partial charge is 0.336 e. The van der Waals surface area contributed by atoms with E-state index in [0.717, 1.165) is 0 Å². The van der Waals surface area contributed by atoms with Crippen molar-refractivity contribution in [2.45, 2.75) is 51.4 Å². The van der Waals surface area contributed by atoms with Crippen LogP contribution < -0.4 is 0 Å². The van der Waals surface area contributed by atoms with Crippen molar-refractivity contribution in [3.05, 3.63) is 0 Å². The van der Waals surface area contributed by atoms with Crippen molar-refractivity contribution in [3.63, 3.8) is 0 Å². The van der Waals surface area contributed by atoms with Gasteiger partial charge in [-0.2, -0.15) is 0 Å². The van der Waals surface area contributed by atoms with Gasteiger partial charge < -0.3 is 9.68 Å². The highest BCUT2D eigenvalue weighted by Crippen LogP contribution is 2.31. The van der Waals surface area contributed by atoms with E-state index in [4.69, 9.17) is 9.68 Å². The molecule has 0 unspecified atom stereocenters. The fourth-order valence-electron chi connectivity index (χ4n) is 3.21. The highest BCUT2D eigenvalue weighted by atomic mass is 16.7. The minimum absolute atomic E-state index is 0.0264. The lowest BCUT2D eigenvalue weighted by Crippen LogP contribution is -2.38. The Morgan fingerprint density at radius 3 is 1.15 bits per heavy atom. The van der Waals surface area contributed by atoms with Crippen molar-refractivity contribution in [1.82, 2.24) is 10.1 Å². The molecule has 0 aromatic rings. The Morgan fingerprint density at radius 1 is 0.615 bits per heavy atom. The molecule has 2 aliphatic heterocycles. The second-order valence-electron chi connectivity index (χ2n) is 6.53. The van der Waals surface area contributed by atoms with Gasteiger partial charge in [-0.05, 0) is 25.7 Å². The van der Waals surface area contributed by atoms with Gasteiger partial charge >= 0.3 is 11.9 Å². The molecule has 10 nitrogen and oxygen atoms in total. The number of hydrogen-bond acceptors (Lipinski definition) is 8. The third-order valence-corrected chi connectivity index (χ3v) is 4.77.